The molecule has 0 aromatic rings. The van der Waals surface area contributed by atoms with Crippen molar-refractivity contribution < 1.29 is 4.74 Å². The zero-order chi connectivity index (χ0) is 11.6. The van der Waals surface area contributed by atoms with Gasteiger partial charge in [0.15, 0.2) is 0 Å². The van der Waals surface area contributed by atoms with Gasteiger partial charge in [-0.1, -0.05) is 31.0 Å². The molecule has 2 fully saturated rings. The standard InChI is InChI=1S/C13H22ClNO/c1-3-16-12-8-11(15-9-10(2)14)13(12)6-4-5-7-13/h11-12,15H,2-9H2,1H3. The molecule has 2 rings (SSSR count). The van der Waals surface area contributed by atoms with Crippen molar-refractivity contribution >= 4 is 11.6 Å². The Morgan fingerprint density at radius 2 is 2.19 bits per heavy atom. The molecule has 2 unspecified atom stereocenters. The van der Waals surface area contributed by atoms with Gasteiger partial charge >= 0.3 is 0 Å². The topological polar surface area (TPSA) is 21.3 Å². The van der Waals surface area contributed by atoms with Gasteiger partial charge in [0.25, 0.3) is 0 Å². The second-order valence-electron chi connectivity index (χ2n) is 5.07. The molecule has 0 amide bonds. The van der Waals surface area contributed by atoms with Crippen molar-refractivity contribution in [2.45, 2.75) is 51.2 Å². The van der Waals surface area contributed by atoms with Gasteiger partial charge in [0.05, 0.1) is 6.10 Å². The van der Waals surface area contributed by atoms with Gasteiger partial charge in [0.1, 0.15) is 0 Å². The third-order valence-electron chi connectivity index (χ3n) is 4.23. The molecule has 0 aromatic carbocycles. The third kappa shape index (κ3) is 2.15. The molecule has 2 saturated carbocycles. The van der Waals surface area contributed by atoms with Crippen LogP contribution in [-0.4, -0.2) is 25.3 Å². The van der Waals surface area contributed by atoms with E-state index >= 15 is 0 Å². The maximum atomic E-state index is 5.86. The summed E-state index contributed by atoms with van der Waals surface area (Å²) in [6, 6.07) is 0.585. The lowest BCUT2D eigenvalue weighted by atomic mass is 9.60. The molecule has 16 heavy (non-hydrogen) atoms. The zero-order valence-corrected chi connectivity index (χ0v) is 10.9. The van der Waals surface area contributed by atoms with Crippen LogP contribution in [0, 0.1) is 5.41 Å². The van der Waals surface area contributed by atoms with Gasteiger partial charge < -0.3 is 10.1 Å². The lowest BCUT2D eigenvalue weighted by Gasteiger charge is -2.54. The lowest BCUT2D eigenvalue weighted by molar-refractivity contribution is -0.129. The molecule has 2 aliphatic rings. The van der Waals surface area contributed by atoms with Crippen molar-refractivity contribution in [2.75, 3.05) is 13.2 Å². The summed E-state index contributed by atoms with van der Waals surface area (Å²) in [6.07, 6.45) is 6.93. The normalized spacial score (nSPS) is 31.6. The molecule has 0 heterocycles. The summed E-state index contributed by atoms with van der Waals surface area (Å²) in [4.78, 5) is 0. The van der Waals surface area contributed by atoms with E-state index in [1.54, 1.807) is 0 Å². The molecule has 2 aliphatic carbocycles. The molecule has 1 spiro atoms. The number of hydrogen-bond donors (Lipinski definition) is 1. The molecule has 0 radical (unpaired) electrons. The van der Waals surface area contributed by atoms with Crippen LogP contribution in [0.1, 0.15) is 39.0 Å². The van der Waals surface area contributed by atoms with Gasteiger partial charge in [-0.25, -0.2) is 0 Å². The predicted molar refractivity (Wildman–Crippen MR) is 67.7 cm³/mol. The Bertz CT molecular complexity index is 261. The summed E-state index contributed by atoms with van der Waals surface area (Å²) in [5.74, 6) is 0. The summed E-state index contributed by atoms with van der Waals surface area (Å²) in [6.45, 7) is 7.38. The fourth-order valence-corrected chi connectivity index (χ4v) is 3.48. The van der Waals surface area contributed by atoms with Crippen LogP contribution in [0.3, 0.4) is 0 Å². The highest BCUT2D eigenvalue weighted by Crippen LogP contribution is 2.54. The van der Waals surface area contributed by atoms with E-state index in [9.17, 15) is 0 Å². The number of rotatable bonds is 5. The summed E-state index contributed by atoms with van der Waals surface area (Å²) in [7, 11) is 0. The fourth-order valence-electron chi connectivity index (χ4n) is 3.41. The quantitative estimate of drug-likeness (QED) is 0.802. The van der Waals surface area contributed by atoms with Crippen molar-refractivity contribution in [3.63, 3.8) is 0 Å². The van der Waals surface area contributed by atoms with E-state index in [1.807, 2.05) is 0 Å². The molecule has 0 aromatic heterocycles. The van der Waals surface area contributed by atoms with Crippen LogP contribution < -0.4 is 5.32 Å². The molecular weight excluding hydrogens is 222 g/mol. The van der Waals surface area contributed by atoms with Crippen LogP contribution in [0.2, 0.25) is 0 Å². The van der Waals surface area contributed by atoms with E-state index in [2.05, 4.69) is 18.8 Å². The molecular formula is C13H22ClNO. The second kappa shape index (κ2) is 5.07. The minimum absolute atomic E-state index is 0.405. The Hall–Kier alpha value is -0.0500. The Morgan fingerprint density at radius 1 is 1.50 bits per heavy atom. The van der Waals surface area contributed by atoms with Gasteiger partial charge in [-0.15, -0.1) is 0 Å². The molecule has 92 valence electrons. The van der Waals surface area contributed by atoms with E-state index in [0.29, 0.717) is 22.6 Å². The largest absolute Gasteiger partial charge is 0.378 e. The van der Waals surface area contributed by atoms with Crippen LogP contribution in [-0.2, 0) is 4.74 Å². The SMILES string of the molecule is C=C(Cl)CNC1CC(OCC)C12CCCC2. The lowest BCUT2D eigenvalue weighted by Crippen LogP contribution is -2.62. The first-order valence-corrected chi connectivity index (χ1v) is 6.75. The monoisotopic (exact) mass is 243 g/mol. The van der Waals surface area contributed by atoms with Crippen LogP contribution in [0.15, 0.2) is 11.6 Å². The Kier molecular flexibility index (Phi) is 3.93. The highest BCUT2D eigenvalue weighted by Gasteiger charge is 2.56. The average Bonchev–Trinajstić information content (AvgIpc) is 2.73. The van der Waals surface area contributed by atoms with Crippen LogP contribution in [0.25, 0.3) is 0 Å². The van der Waals surface area contributed by atoms with Crippen molar-refractivity contribution in [1.82, 2.24) is 5.32 Å². The van der Waals surface area contributed by atoms with Gasteiger partial charge in [-0.3, -0.25) is 0 Å². The van der Waals surface area contributed by atoms with E-state index in [-0.39, 0.29) is 0 Å². The van der Waals surface area contributed by atoms with Crippen molar-refractivity contribution in [2.24, 2.45) is 5.41 Å². The first-order valence-electron chi connectivity index (χ1n) is 6.37. The minimum Gasteiger partial charge on any atom is -0.378 e. The minimum atomic E-state index is 0.405. The molecule has 2 atom stereocenters. The van der Waals surface area contributed by atoms with Crippen LogP contribution in [0.4, 0.5) is 0 Å². The number of hydrogen-bond acceptors (Lipinski definition) is 2. The Morgan fingerprint density at radius 3 is 2.75 bits per heavy atom. The highest BCUT2D eigenvalue weighted by molar-refractivity contribution is 6.29. The third-order valence-corrected chi connectivity index (χ3v) is 4.36. The second-order valence-corrected chi connectivity index (χ2v) is 5.61. The van der Waals surface area contributed by atoms with Crippen molar-refractivity contribution in [3.8, 4) is 0 Å². The van der Waals surface area contributed by atoms with Crippen LogP contribution >= 0.6 is 11.6 Å². The van der Waals surface area contributed by atoms with E-state index in [0.717, 1.165) is 19.6 Å². The van der Waals surface area contributed by atoms with Gasteiger partial charge in [-0.05, 0) is 26.2 Å². The van der Waals surface area contributed by atoms with E-state index in [1.165, 1.54) is 25.7 Å². The smallest absolute Gasteiger partial charge is 0.0661 e. The van der Waals surface area contributed by atoms with Crippen LogP contribution in [0.5, 0.6) is 0 Å². The molecule has 0 bridgehead atoms. The van der Waals surface area contributed by atoms with Crippen molar-refractivity contribution in [1.29, 1.82) is 0 Å². The number of nitrogens with one attached hydrogen (secondary N) is 1. The molecule has 0 saturated heterocycles. The first-order chi connectivity index (χ1) is 7.69. The highest BCUT2D eigenvalue weighted by atomic mass is 35.5. The average molecular weight is 244 g/mol. The summed E-state index contributed by atoms with van der Waals surface area (Å²) in [5, 5.41) is 4.23. The van der Waals surface area contributed by atoms with Gasteiger partial charge in [0, 0.05) is 29.6 Å². The molecule has 1 N–H and O–H groups in total. The maximum Gasteiger partial charge on any atom is 0.0661 e. The fraction of sp³-hybridized carbons (Fsp3) is 0.846. The number of ether oxygens (including phenoxy) is 1. The molecule has 2 nitrogen and oxygen atoms in total. The summed E-state index contributed by atoms with van der Waals surface area (Å²) < 4.78 is 5.86. The summed E-state index contributed by atoms with van der Waals surface area (Å²) in [5.41, 5.74) is 0.405. The first kappa shape index (κ1) is 12.4. The van der Waals surface area contributed by atoms with E-state index in [4.69, 9.17) is 16.3 Å². The van der Waals surface area contributed by atoms with Gasteiger partial charge in [0.2, 0.25) is 0 Å². The molecule has 3 heteroatoms. The zero-order valence-electron chi connectivity index (χ0n) is 10.1. The maximum absolute atomic E-state index is 5.86. The van der Waals surface area contributed by atoms with E-state index < -0.39 is 0 Å². The van der Waals surface area contributed by atoms with Gasteiger partial charge in [-0.2, -0.15) is 0 Å². The predicted octanol–water partition coefficient (Wildman–Crippen LogP) is 3.07. The molecule has 0 aliphatic heterocycles. The van der Waals surface area contributed by atoms with Crippen molar-refractivity contribution in [3.05, 3.63) is 11.6 Å². The summed E-state index contributed by atoms with van der Waals surface area (Å²) >= 11 is 5.81. The number of halogens is 1. The Labute approximate surface area is 103 Å². The Balaban J connectivity index is 1.92.